The van der Waals surface area contributed by atoms with Crippen molar-refractivity contribution in [2.75, 3.05) is 52.0 Å². The predicted octanol–water partition coefficient (Wildman–Crippen LogP) is 5.11. The Kier molecular flexibility index (Phi) is 11.0. The minimum atomic E-state index is -3.79. The van der Waals surface area contributed by atoms with Gasteiger partial charge in [0.1, 0.15) is 18.1 Å². The molecule has 5 rings (SSSR count). The lowest BCUT2D eigenvalue weighted by molar-refractivity contribution is -0.0213. The van der Waals surface area contributed by atoms with E-state index in [0.717, 1.165) is 53.4 Å². The molecule has 3 aromatic rings. The SMILES string of the molecule is COCCCN1CCOc2ccc(CO[C@H]3CN(S(=O)(=O)c4ccc(C)cc4)[C@@H](CC(C)N)CC3c3ccc(OC)cc3)cc21. The van der Waals surface area contributed by atoms with E-state index in [2.05, 4.69) is 23.1 Å². The third kappa shape index (κ3) is 7.99. The molecular weight excluding hydrogens is 590 g/mol. The molecule has 0 saturated carbocycles. The average molecular weight is 638 g/mol. The number of aryl methyl sites for hydroxylation is 1. The van der Waals surface area contributed by atoms with Crippen LogP contribution in [-0.2, 0) is 26.1 Å². The van der Waals surface area contributed by atoms with Crippen LogP contribution in [0.5, 0.6) is 11.5 Å². The molecule has 0 aliphatic carbocycles. The van der Waals surface area contributed by atoms with Crippen molar-refractivity contribution in [3.63, 3.8) is 0 Å². The van der Waals surface area contributed by atoms with Crippen molar-refractivity contribution in [1.29, 1.82) is 0 Å². The Morgan fingerprint density at radius 2 is 1.80 bits per heavy atom. The van der Waals surface area contributed by atoms with E-state index in [1.165, 1.54) is 0 Å². The molecule has 0 bridgehead atoms. The number of ether oxygens (including phenoxy) is 4. The van der Waals surface area contributed by atoms with Gasteiger partial charge in [-0.2, -0.15) is 4.31 Å². The second kappa shape index (κ2) is 15.0. The van der Waals surface area contributed by atoms with Gasteiger partial charge in [-0.15, -0.1) is 0 Å². The Labute approximate surface area is 268 Å². The van der Waals surface area contributed by atoms with E-state index < -0.39 is 10.0 Å². The van der Waals surface area contributed by atoms with Crippen LogP contribution in [0.25, 0.3) is 0 Å². The fraction of sp³-hybridized carbons (Fsp3) is 0.486. The number of piperidine rings is 1. The van der Waals surface area contributed by atoms with Crippen molar-refractivity contribution in [3.05, 3.63) is 83.4 Å². The van der Waals surface area contributed by atoms with Crippen LogP contribution in [-0.4, -0.2) is 78.0 Å². The van der Waals surface area contributed by atoms with Gasteiger partial charge in [0.15, 0.2) is 0 Å². The zero-order valence-electron chi connectivity index (χ0n) is 26.9. The monoisotopic (exact) mass is 637 g/mol. The number of benzene rings is 3. The Hall–Kier alpha value is -3.15. The Morgan fingerprint density at radius 3 is 2.49 bits per heavy atom. The first kappa shape index (κ1) is 33.2. The summed E-state index contributed by atoms with van der Waals surface area (Å²) in [6, 6.07) is 20.8. The molecule has 1 fully saturated rings. The molecular formula is C35H47N3O6S. The number of anilines is 1. The lowest BCUT2D eigenvalue weighted by Gasteiger charge is -2.44. The molecule has 45 heavy (non-hydrogen) atoms. The first-order valence-electron chi connectivity index (χ1n) is 15.8. The van der Waals surface area contributed by atoms with Crippen LogP contribution in [0.1, 0.15) is 48.8 Å². The molecule has 9 nitrogen and oxygen atoms in total. The maximum Gasteiger partial charge on any atom is 0.243 e. The van der Waals surface area contributed by atoms with Crippen molar-refractivity contribution in [2.24, 2.45) is 5.73 Å². The van der Waals surface area contributed by atoms with Crippen LogP contribution < -0.4 is 20.1 Å². The molecule has 3 aromatic carbocycles. The molecule has 244 valence electrons. The molecule has 2 N–H and O–H groups in total. The standard InChI is InChI=1S/C35H47N3O6S/c1-25-6-13-31(14-7-25)45(39,40)38-23-35(32(22-29(38)20-26(2)36)28-9-11-30(42-4)12-10-28)44-24-27-8-15-34-33(21-27)37(17-19-43-34)16-5-18-41-3/h6-15,21,26,29,32,35H,5,16-20,22-24,36H2,1-4H3/t26?,29-,32?,35-/m0/s1. The minimum absolute atomic E-state index is 0.0318. The summed E-state index contributed by atoms with van der Waals surface area (Å²) >= 11 is 0. The average Bonchev–Trinajstić information content (AvgIpc) is 3.04. The highest BCUT2D eigenvalue weighted by atomic mass is 32.2. The van der Waals surface area contributed by atoms with Gasteiger partial charge in [0.05, 0.1) is 36.9 Å². The topological polar surface area (TPSA) is 104 Å². The van der Waals surface area contributed by atoms with Crippen LogP contribution in [0.3, 0.4) is 0 Å². The summed E-state index contributed by atoms with van der Waals surface area (Å²) in [4.78, 5) is 2.61. The zero-order chi connectivity index (χ0) is 32.0. The second-order valence-electron chi connectivity index (χ2n) is 12.2. The third-order valence-electron chi connectivity index (χ3n) is 8.78. The number of hydrogen-bond acceptors (Lipinski definition) is 8. The van der Waals surface area contributed by atoms with E-state index in [-0.39, 0.29) is 35.5 Å². The molecule has 10 heteroatoms. The van der Waals surface area contributed by atoms with Gasteiger partial charge < -0.3 is 29.6 Å². The molecule has 0 aromatic heterocycles. The Bertz CT molecular complexity index is 1500. The molecule has 2 aliphatic rings. The van der Waals surface area contributed by atoms with E-state index in [9.17, 15) is 8.42 Å². The van der Waals surface area contributed by atoms with E-state index in [1.807, 2.05) is 50.2 Å². The first-order valence-corrected chi connectivity index (χ1v) is 17.2. The van der Waals surface area contributed by atoms with Crippen LogP contribution >= 0.6 is 0 Å². The third-order valence-corrected chi connectivity index (χ3v) is 10.7. The number of hydrogen-bond donors (Lipinski definition) is 1. The van der Waals surface area contributed by atoms with Gasteiger partial charge in [-0.1, -0.05) is 35.9 Å². The van der Waals surface area contributed by atoms with Gasteiger partial charge >= 0.3 is 0 Å². The lowest BCUT2D eigenvalue weighted by Crippen LogP contribution is -2.53. The van der Waals surface area contributed by atoms with E-state index >= 15 is 0 Å². The molecule has 2 unspecified atom stereocenters. The van der Waals surface area contributed by atoms with Crippen molar-refractivity contribution < 1.29 is 27.4 Å². The second-order valence-corrected chi connectivity index (χ2v) is 14.1. The maximum absolute atomic E-state index is 14.1. The van der Waals surface area contributed by atoms with Gasteiger partial charge in [0, 0.05) is 44.8 Å². The maximum atomic E-state index is 14.1. The number of methoxy groups -OCH3 is 2. The molecule has 2 heterocycles. The summed E-state index contributed by atoms with van der Waals surface area (Å²) in [6.07, 6.45) is 1.69. The number of fused-ring (bicyclic) bond motifs is 1. The van der Waals surface area contributed by atoms with Crippen molar-refractivity contribution in [3.8, 4) is 11.5 Å². The quantitative estimate of drug-likeness (QED) is 0.258. The van der Waals surface area contributed by atoms with Crippen LogP contribution in [0.2, 0.25) is 0 Å². The molecule has 4 atom stereocenters. The summed E-state index contributed by atoms with van der Waals surface area (Å²) in [5.41, 5.74) is 10.4. The Balaban J connectivity index is 1.44. The molecule has 0 radical (unpaired) electrons. The number of rotatable bonds is 13. The van der Waals surface area contributed by atoms with Gasteiger partial charge in [0.2, 0.25) is 10.0 Å². The van der Waals surface area contributed by atoms with Crippen LogP contribution in [0, 0.1) is 6.92 Å². The van der Waals surface area contributed by atoms with Crippen molar-refractivity contribution in [2.45, 2.75) is 68.7 Å². The van der Waals surface area contributed by atoms with Crippen LogP contribution in [0.15, 0.2) is 71.6 Å². The summed E-state index contributed by atoms with van der Waals surface area (Å²) in [6.45, 7) is 7.49. The zero-order valence-corrected chi connectivity index (χ0v) is 27.7. The first-order chi connectivity index (χ1) is 21.7. The van der Waals surface area contributed by atoms with Gasteiger partial charge in [-0.25, -0.2) is 8.42 Å². The highest BCUT2D eigenvalue weighted by Crippen LogP contribution is 2.39. The molecule has 0 spiro atoms. The van der Waals surface area contributed by atoms with E-state index in [0.29, 0.717) is 32.7 Å². The largest absolute Gasteiger partial charge is 0.497 e. The summed E-state index contributed by atoms with van der Waals surface area (Å²) in [7, 11) is -0.421. The number of sulfonamides is 1. The fourth-order valence-electron chi connectivity index (χ4n) is 6.41. The predicted molar refractivity (Wildman–Crippen MR) is 177 cm³/mol. The highest BCUT2D eigenvalue weighted by molar-refractivity contribution is 7.89. The summed E-state index contributed by atoms with van der Waals surface area (Å²) in [5, 5.41) is 0. The van der Waals surface area contributed by atoms with Crippen LogP contribution in [0.4, 0.5) is 5.69 Å². The molecule has 0 amide bonds. The molecule has 1 saturated heterocycles. The van der Waals surface area contributed by atoms with E-state index in [1.54, 1.807) is 30.7 Å². The summed E-state index contributed by atoms with van der Waals surface area (Å²) in [5.74, 6) is 1.61. The highest BCUT2D eigenvalue weighted by Gasteiger charge is 2.43. The van der Waals surface area contributed by atoms with E-state index in [4.69, 9.17) is 24.7 Å². The minimum Gasteiger partial charge on any atom is -0.497 e. The smallest absolute Gasteiger partial charge is 0.243 e. The van der Waals surface area contributed by atoms with Gasteiger partial charge in [-0.05, 0) is 80.6 Å². The van der Waals surface area contributed by atoms with Crippen molar-refractivity contribution in [1.82, 2.24) is 4.31 Å². The van der Waals surface area contributed by atoms with Gasteiger partial charge in [0.25, 0.3) is 0 Å². The summed E-state index contributed by atoms with van der Waals surface area (Å²) < 4.78 is 53.2. The molecule has 2 aliphatic heterocycles. The lowest BCUT2D eigenvalue weighted by atomic mass is 9.82. The normalized spacial score (nSPS) is 21.2. The Morgan fingerprint density at radius 1 is 1.04 bits per heavy atom. The van der Waals surface area contributed by atoms with Gasteiger partial charge in [-0.3, -0.25) is 0 Å². The fourth-order valence-corrected chi connectivity index (χ4v) is 8.07. The number of nitrogens with two attached hydrogens (primary N) is 1. The van der Waals surface area contributed by atoms with Crippen molar-refractivity contribution >= 4 is 15.7 Å². The number of nitrogens with zero attached hydrogens (tertiary/aromatic N) is 2.